The highest BCUT2D eigenvalue weighted by molar-refractivity contribution is 5.81. The quantitative estimate of drug-likeness (QED) is 0.804. The molecule has 1 aliphatic rings. The number of rotatable bonds is 4. The zero-order chi connectivity index (χ0) is 13.9. The molecule has 20 heavy (non-hydrogen) atoms. The van der Waals surface area contributed by atoms with Gasteiger partial charge in [-0.1, -0.05) is 18.2 Å². The zero-order valence-electron chi connectivity index (χ0n) is 10.4. The van der Waals surface area contributed by atoms with Crippen molar-refractivity contribution in [2.75, 3.05) is 0 Å². The molecule has 5 heteroatoms. The topological polar surface area (TPSA) is 44.8 Å². The van der Waals surface area contributed by atoms with Crippen LogP contribution in [0.5, 0.6) is 11.5 Å². The van der Waals surface area contributed by atoms with Gasteiger partial charge in [-0.3, -0.25) is 4.79 Å². The number of hydrogen-bond acceptors (Lipinski definition) is 4. The fraction of sp³-hybridized carbons (Fsp3) is 0.133. The van der Waals surface area contributed by atoms with Crippen molar-refractivity contribution in [3.63, 3.8) is 0 Å². The van der Waals surface area contributed by atoms with Gasteiger partial charge >= 0.3 is 6.48 Å². The van der Waals surface area contributed by atoms with Gasteiger partial charge in [-0.05, 0) is 29.8 Å². The predicted octanol–water partition coefficient (Wildman–Crippen LogP) is 2.91. The summed E-state index contributed by atoms with van der Waals surface area (Å²) in [5.41, 5.74) is 1.07. The number of benzene rings is 2. The molecule has 1 atom stereocenters. The van der Waals surface area contributed by atoms with Crippen molar-refractivity contribution in [1.29, 1.82) is 0 Å². The van der Waals surface area contributed by atoms with Crippen LogP contribution < -0.4 is 9.47 Å². The highest BCUT2D eigenvalue weighted by Gasteiger charge is 2.27. The van der Waals surface area contributed by atoms with Gasteiger partial charge < -0.3 is 14.2 Å². The van der Waals surface area contributed by atoms with Crippen LogP contribution >= 0.6 is 0 Å². The Morgan fingerprint density at radius 1 is 1.20 bits per heavy atom. The molecule has 0 N–H and O–H groups in total. The third kappa shape index (κ3) is 2.48. The number of ether oxygens (including phenoxy) is 3. The molecular formula is C15H11FO4. The maximum absolute atomic E-state index is 13.0. The van der Waals surface area contributed by atoms with Gasteiger partial charge in [0.15, 0.2) is 17.8 Å². The molecule has 1 unspecified atom stereocenters. The first-order valence-electron chi connectivity index (χ1n) is 6.04. The molecule has 0 aromatic heterocycles. The number of para-hydroxylation sites is 1. The Bertz CT molecular complexity index is 642. The molecule has 2 aromatic carbocycles. The zero-order valence-corrected chi connectivity index (χ0v) is 10.4. The lowest BCUT2D eigenvalue weighted by Crippen LogP contribution is -2.21. The van der Waals surface area contributed by atoms with E-state index in [9.17, 15) is 9.18 Å². The van der Waals surface area contributed by atoms with E-state index < -0.39 is 6.48 Å². The Morgan fingerprint density at radius 2 is 2.05 bits per heavy atom. The van der Waals surface area contributed by atoms with Crippen LogP contribution in [0.25, 0.3) is 0 Å². The summed E-state index contributed by atoms with van der Waals surface area (Å²) in [5, 5.41) is 0. The fourth-order valence-electron chi connectivity index (χ4n) is 1.93. The monoisotopic (exact) mass is 274 g/mol. The largest absolute Gasteiger partial charge is 0.428 e. The molecule has 0 amide bonds. The maximum Gasteiger partial charge on any atom is 0.361 e. The third-order valence-corrected chi connectivity index (χ3v) is 2.85. The van der Waals surface area contributed by atoms with E-state index in [2.05, 4.69) is 0 Å². The third-order valence-electron chi connectivity index (χ3n) is 2.85. The summed E-state index contributed by atoms with van der Waals surface area (Å²) >= 11 is 0. The minimum atomic E-state index is -0.936. The Kier molecular flexibility index (Phi) is 3.35. The average molecular weight is 274 g/mol. The van der Waals surface area contributed by atoms with Crippen molar-refractivity contribution in [2.24, 2.45) is 0 Å². The molecular weight excluding hydrogens is 263 g/mol. The van der Waals surface area contributed by atoms with Gasteiger partial charge in [0.1, 0.15) is 5.82 Å². The molecule has 0 fully saturated rings. The lowest BCUT2D eigenvalue weighted by molar-refractivity contribution is -0.184. The van der Waals surface area contributed by atoms with E-state index in [1.165, 1.54) is 12.1 Å². The van der Waals surface area contributed by atoms with Gasteiger partial charge in [0.25, 0.3) is 0 Å². The van der Waals surface area contributed by atoms with E-state index in [4.69, 9.17) is 14.2 Å². The Hall–Kier alpha value is -2.40. The van der Waals surface area contributed by atoms with Crippen LogP contribution in [-0.4, -0.2) is 12.8 Å². The first kappa shape index (κ1) is 12.6. The lowest BCUT2D eigenvalue weighted by atomic mass is 10.2. The number of fused-ring (bicyclic) bond motifs is 1. The summed E-state index contributed by atoms with van der Waals surface area (Å²) in [6, 6.07) is 11.1. The minimum absolute atomic E-state index is 0.146. The summed E-state index contributed by atoms with van der Waals surface area (Å²) < 4.78 is 29.2. The lowest BCUT2D eigenvalue weighted by Gasteiger charge is -2.11. The number of aldehydes is 1. The van der Waals surface area contributed by atoms with Crippen molar-refractivity contribution in [2.45, 2.75) is 13.1 Å². The number of hydrogen-bond donors (Lipinski definition) is 0. The highest BCUT2D eigenvalue weighted by atomic mass is 19.1. The van der Waals surface area contributed by atoms with Gasteiger partial charge in [0.2, 0.25) is 0 Å². The van der Waals surface area contributed by atoms with E-state index >= 15 is 0 Å². The van der Waals surface area contributed by atoms with Gasteiger partial charge in [-0.15, -0.1) is 0 Å². The van der Waals surface area contributed by atoms with Crippen LogP contribution in [0.3, 0.4) is 0 Å². The minimum Gasteiger partial charge on any atom is -0.428 e. The summed E-state index contributed by atoms with van der Waals surface area (Å²) in [7, 11) is 0. The number of halogens is 1. The average Bonchev–Trinajstić information content (AvgIpc) is 2.88. The van der Waals surface area contributed by atoms with E-state index in [0.29, 0.717) is 28.9 Å². The molecule has 3 rings (SSSR count). The van der Waals surface area contributed by atoms with Crippen LogP contribution in [0.15, 0.2) is 42.5 Å². The van der Waals surface area contributed by atoms with Crippen LogP contribution in [-0.2, 0) is 11.3 Å². The molecule has 0 saturated carbocycles. The Morgan fingerprint density at radius 3 is 2.85 bits per heavy atom. The summed E-state index contributed by atoms with van der Waals surface area (Å²) in [5.74, 6) is 0.497. The van der Waals surface area contributed by atoms with Crippen LogP contribution in [0, 0.1) is 5.82 Å². The first-order valence-corrected chi connectivity index (χ1v) is 6.04. The van der Waals surface area contributed by atoms with Crippen molar-refractivity contribution in [3.8, 4) is 11.5 Å². The van der Waals surface area contributed by atoms with E-state index in [1.54, 1.807) is 30.3 Å². The molecule has 0 saturated heterocycles. The molecule has 0 radical (unpaired) electrons. The molecule has 0 spiro atoms. The van der Waals surface area contributed by atoms with Crippen molar-refractivity contribution in [3.05, 3.63) is 59.4 Å². The maximum atomic E-state index is 13.0. The van der Waals surface area contributed by atoms with E-state index in [0.717, 1.165) is 0 Å². The van der Waals surface area contributed by atoms with Gasteiger partial charge in [0.05, 0.1) is 12.2 Å². The molecule has 2 aromatic rings. The standard InChI is InChI=1S/C15H11FO4/c16-12-5-1-3-10(7-12)9-18-15-19-13-6-2-4-11(8-17)14(13)20-15/h1-8,15H,9H2. The second-order valence-electron chi connectivity index (χ2n) is 4.26. The first-order chi connectivity index (χ1) is 9.76. The van der Waals surface area contributed by atoms with Crippen molar-refractivity contribution < 1.29 is 23.4 Å². The second-order valence-corrected chi connectivity index (χ2v) is 4.26. The molecule has 4 nitrogen and oxygen atoms in total. The van der Waals surface area contributed by atoms with Gasteiger partial charge in [0, 0.05) is 0 Å². The predicted molar refractivity (Wildman–Crippen MR) is 68.1 cm³/mol. The van der Waals surface area contributed by atoms with Crippen LogP contribution in [0.4, 0.5) is 4.39 Å². The molecule has 1 heterocycles. The molecule has 1 aliphatic heterocycles. The SMILES string of the molecule is O=Cc1cccc2c1OC(OCc1cccc(F)c1)O2. The van der Waals surface area contributed by atoms with Gasteiger partial charge in [-0.25, -0.2) is 4.39 Å². The molecule has 0 aliphatic carbocycles. The highest BCUT2D eigenvalue weighted by Crippen LogP contribution is 2.37. The van der Waals surface area contributed by atoms with Gasteiger partial charge in [-0.2, -0.15) is 0 Å². The summed E-state index contributed by atoms with van der Waals surface area (Å²) in [6.07, 6.45) is 0.692. The second kappa shape index (κ2) is 5.30. The summed E-state index contributed by atoms with van der Waals surface area (Å²) in [4.78, 5) is 10.9. The molecule has 102 valence electrons. The summed E-state index contributed by atoms with van der Waals surface area (Å²) in [6.45, 7) is -0.790. The Balaban J connectivity index is 1.66. The number of carbonyl (C=O) groups excluding carboxylic acids is 1. The van der Waals surface area contributed by atoms with Crippen LogP contribution in [0.2, 0.25) is 0 Å². The van der Waals surface area contributed by atoms with Crippen molar-refractivity contribution >= 4 is 6.29 Å². The smallest absolute Gasteiger partial charge is 0.361 e. The van der Waals surface area contributed by atoms with Crippen LogP contribution in [0.1, 0.15) is 15.9 Å². The Labute approximate surface area is 114 Å². The van der Waals surface area contributed by atoms with E-state index in [-0.39, 0.29) is 12.4 Å². The fourth-order valence-corrected chi connectivity index (χ4v) is 1.93. The molecule has 0 bridgehead atoms. The van der Waals surface area contributed by atoms with E-state index in [1.807, 2.05) is 0 Å². The van der Waals surface area contributed by atoms with Crippen molar-refractivity contribution in [1.82, 2.24) is 0 Å². The number of carbonyl (C=O) groups is 1. The normalized spacial score (nSPS) is 16.1.